The molecule has 132 valence electrons. The van der Waals surface area contributed by atoms with E-state index in [1.807, 2.05) is 18.2 Å². The highest BCUT2D eigenvalue weighted by molar-refractivity contribution is 7.99. The minimum absolute atomic E-state index is 0.0233. The summed E-state index contributed by atoms with van der Waals surface area (Å²) in [4.78, 5) is 10.3. The normalized spacial score (nSPS) is 19.3. The van der Waals surface area contributed by atoms with Gasteiger partial charge in [0.1, 0.15) is 0 Å². The number of sulfonamides is 1. The molecule has 0 bridgehead atoms. The molecule has 0 N–H and O–H groups in total. The van der Waals surface area contributed by atoms with E-state index in [4.69, 9.17) is 0 Å². The number of hydrogen-bond acceptors (Lipinski definition) is 5. The van der Waals surface area contributed by atoms with Crippen LogP contribution in [0.15, 0.2) is 59.5 Å². The second-order valence-corrected chi connectivity index (χ2v) is 8.97. The summed E-state index contributed by atoms with van der Waals surface area (Å²) in [7, 11) is -3.73. The summed E-state index contributed by atoms with van der Waals surface area (Å²) in [5, 5.41) is 11.2. The summed E-state index contributed by atoms with van der Waals surface area (Å²) in [6.45, 7) is 0.802. The maximum absolute atomic E-state index is 12.9. The van der Waals surface area contributed by atoms with E-state index < -0.39 is 14.9 Å². The van der Waals surface area contributed by atoms with Crippen LogP contribution in [0.1, 0.15) is 17.2 Å². The Morgan fingerprint density at radius 2 is 1.84 bits per heavy atom. The Morgan fingerprint density at radius 3 is 2.56 bits per heavy atom. The summed E-state index contributed by atoms with van der Waals surface area (Å²) < 4.78 is 27.1. The van der Waals surface area contributed by atoms with Crippen molar-refractivity contribution >= 4 is 27.5 Å². The van der Waals surface area contributed by atoms with E-state index in [1.165, 1.54) is 28.1 Å². The first-order valence-corrected chi connectivity index (χ1v) is 10.4. The molecule has 0 aliphatic carbocycles. The summed E-state index contributed by atoms with van der Waals surface area (Å²) >= 11 is 1.75. The molecule has 1 aliphatic heterocycles. The Hall–Kier alpha value is -1.90. The number of nitro benzene ring substituents is 1. The molecular weight excluding hydrogens is 360 g/mol. The molecule has 1 heterocycles. The molecule has 1 saturated heterocycles. The van der Waals surface area contributed by atoms with Crippen LogP contribution >= 0.6 is 11.8 Å². The summed E-state index contributed by atoms with van der Waals surface area (Å²) in [5.74, 6) is 0.688. The van der Waals surface area contributed by atoms with E-state index in [9.17, 15) is 18.5 Å². The number of nitrogens with zero attached hydrogens (tertiary/aromatic N) is 2. The van der Waals surface area contributed by atoms with E-state index in [2.05, 4.69) is 12.1 Å². The van der Waals surface area contributed by atoms with Crippen molar-refractivity contribution in [2.45, 2.75) is 16.6 Å². The van der Waals surface area contributed by atoms with Gasteiger partial charge in [-0.3, -0.25) is 10.1 Å². The first-order valence-electron chi connectivity index (χ1n) is 7.89. The van der Waals surface area contributed by atoms with Gasteiger partial charge in [-0.25, -0.2) is 8.42 Å². The van der Waals surface area contributed by atoms with Crippen LogP contribution in [-0.2, 0) is 10.0 Å². The first kappa shape index (κ1) is 17.9. The summed E-state index contributed by atoms with van der Waals surface area (Å²) in [5.41, 5.74) is 0.981. The fraction of sp³-hybridized carbons (Fsp3) is 0.294. The summed E-state index contributed by atoms with van der Waals surface area (Å²) in [6.07, 6.45) is 0.711. The van der Waals surface area contributed by atoms with Crippen LogP contribution in [0.25, 0.3) is 0 Å². The lowest BCUT2D eigenvalue weighted by Gasteiger charge is -2.20. The first-order chi connectivity index (χ1) is 12.0. The molecule has 0 aromatic heterocycles. The number of rotatable bonds is 4. The fourth-order valence-electron chi connectivity index (χ4n) is 2.83. The van der Waals surface area contributed by atoms with Crippen molar-refractivity contribution in [2.75, 3.05) is 18.8 Å². The maximum Gasteiger partial charge on any atom is 0.270 e. The van der Waals surface area contributed by atoms with Crippen molar-refractivity contribution in [3.05, 3.63) is 70.3 Å². The topological polar surface area (TPSA) is 80.5 Å². The zero-order chi connectivity index (χ0) is 17.9. The highest BCUT2D eigenvalue weighted by atomic mass is 32.2. The SMILES string of the molecule is O=[N+]([O-])c1cccc(S(=O)(=O)N2CCSC(c3ccccc3)CC2)c1. The Morgan fingerprint density at radius 1 is 1.08 bits per heavy atom. The predicted molar refractivity (Wildman–Crippen MR) is 98.1 cm³/mol. The minimum atomic E-state index is -3.73. The maximum atomic E-state index is 12.9. The third-order valence-corrected chi connectivity index (χ3v) is 7.36. The monoisotopic (exact) mass is 378 g/mol. The van der Waals surface area contributed by atoms with Gasteiger partial charge in [0.05, 0.1) is 9.82 Å². The van der Waals surface area contributed by atoms with Gasteiger partial charge in [0.2, 0.25) is 10.0 Å². The quantitative estimate of drug-likeness (QED) is 0.601. The molecule has 0 saturated carbocycles. The van der Waals surface area contributed by atoms with E-state index in [1.54, 1.807) is 11.8 Å². The van der Waals surface area contributed by atoms with E-state index in [0.29, 0.717) is 25.3 Å². The zero-order valence-corrected chi connectivity index (χ0v) is 15.1. The largest absolute Gasteiger partial charge is 0.270 e. The highest BCUT2D eigenvalue weighted by Crippen LogP contribution is 2.35. The van der Waals surface area contributed by atoms with Crippen molar-refractivity contribution in [1.29, 1.82) is 0 Å². The smallest absolute Gasteiger partial charge is 0.258 e. The molecule has 6 nitrogen and oxygen atoms in total. The van der Waals surface area contributed by atoms with Crippen molar-refractivity contribution in [2.24, 2.45) is 0 Å². The summed E-state index contributed by atoms with van der Waals surface area (Å²) in [6, 6.07) is 15.3. The van der Waals surface area contributed by atoms with Gasteiger partial charge in [0.25, 0.3) is 5.69 Å². The number of nitro groups is 1. The average Bonchev–Trinajstić information content (AvgIpc) is 2.89. The third kappa shape index (κ3) is 4.02. The van der Waals surface area contributed by atoms with Gasteiger partial charge in [-0.15, -0.1) is 0 Å². The van der Waals surface area contributed by atoms with Gasteiger partial charge in [0, 0.05) is 36.2 Å². The molecule has 1 atom stereocenters. The Labute approximate surface area is 151 Å². The van der Waals surface area contributed by atoms with E-state index >= 15 is 0 Å². The van der Waals surface area contributed by atoms with Crippen molar-refractivity contribution in [3.8, 4) is 0 Å². The number of thioether (sulfide) groups is 1. The standard InChI is InChI=1S/C17H18N2O4S2/c20-19(21)15-7-4-8-16(13-15)25(22,23)18-10-9-17(24-12-11-18)14-5-2-1-3-6-14/h1-8,13,17H,9-12H2. The molecule has 2 aromatic carbocycles. The Balaban J connectivity index is 1.79. The van der Waals surface area contributed by atoms with Gasteiger partial charge in [0.15, 0.2) is 0 Å². The molecule has 0 spiro atoms. The number of non-ortho nitro benzene ring substituents is 1. The zero-order valence-electron chi connectivity index (χ0n) is 13.4. The van der Waals surface area contributed by atoms with Crippen LogP contribution in [0.5, 0.6) is 0 Å². The van der Waals surface area contributed by atoms with Gasteiger partial charge >= 0.3 is 0 Å². The lowest BCUT2D eigenvalue weighted by molar-refractivity contribution is -0.385. The molecule has 2 aromatic rings. The van der Waals surface area contributed by atoms with Crippen molar-refractivity contribution < 1.29 is 13.3 Å². The molecule has 0 amide bonds. The second-order valence-electron chi connectivity index (χ2n) is 5.72. The third-order valence-electron chi connectivity index (χ3n) is 4.14. The van der Waals surface area contributed by atoms with Crippen LogP contribution in [-0.4, -0.2) is 36.5 Å². The van der Waals surface area contributed by atoms with Gasteiger partial charge in [-0.2, -0.15) is 16.1 Å². The molecule has 3 rings (SSSR count). The van der Waals surface area contributed by atoms with Crippen molar-refractivity contribution in [3.63, 3.8) is 0 Å². The predicted octanol–water partition coefficient (Wildman–Crippen LogP) is 3.46. The molecule has 1 unspecified atom stereocenters. The number of hydrogen-bond donors (Lipinski definition) is 0. The van der Waals surface area contributed by atoms with Crippen LogP contribution in [0, 0.1) is 10.1 Å². The van der Waals surface area contributed by atoms with Crippen LogP contribution in [0.3, 0.4) is 0 Å². The molecule has 1 fully saturated rings. The van der Waals surface area contributed by atoms with Crippen LogP contribution in [0.2, 0.25) is 0 Å². The van der Waals surface area contributed by atoms with Gasteiger partial charge in [-0.1, -0.05) is 36.4 Å². The van der Waals surface area contributed by atoms with Crippen LogP contribution in [0.4, 0.5) is 5.69 Å². The van der Waals surface area contributed by atoms with Crippen molar-refractivity contribution in [1.82, 2.24) is 4.31 Å². The van der Waals surface area contributed by atoms with E-state index in [-0.39, 0.29) is 15.8 Å². The molecule has 8 heteroatoms. The van der Waals surface area contributed by atoms with E-state index in [0.717, 1.165) is 6.07 Å². The molecular formula is C17H18N2O4S2. The molecule has 0 radical (unpaired) electrons. The lowest BCUT2D eigenvalue weighted by atomic mass is 10.1. The highest BCUT2D eigenvalue weighted by Gasteiger charge is 2.29. The lowest BCUT2D eigenvalue weighted by Crippen LogP contribution is -2.33. The van der Waals surface area contributed by atoms with Crippen LogP contribution < -0.4 is 0 Å². The van der Waals surface area contributed by atoms with Gasteiger partial charge in [-0.05, 0) is 18.1 Å². The molecule has 25 heavy (non-hydrogen) atoms. The Kier molecular flexibility index (Phi) is 5.41. The average molecular weight is 378 g/mol. The second kappa shape index (κ2) is 7.55. The van der Waals surface area contributed by atoms with Gasteiger partial charge < -0.3 is 0 Å². The minimum Gasteiger partial charge on any atom is -0.258 e. The number of benzene rings is 2. The Bertz CT molecular complexity index is 856. The molecule has 1 aliphatic rings. The fourth-order valence-corrected chi connectivity index (χ4v) is 5.67.